The summed E-state index contributed by atoms with van der Waals surface area (Å²) >= 11 is 0. The van der Waals surface area contributed by atoms with E-state index in [1.807, 2.05) is 18.2 Å². The highest BCUT2D eigenvalue weighted by Gasteiger charge is 2.20. The Bertz CT molecular complexity index is 1510. The molecule has 1 N–H and O–H groups in total. The van der Waals surface area contributed by atoms with Gasteiger partial charge >= 0.3 is 5.69 Å². The summed E-state index contributed by atoms with van der Waals surface area (Å²) in [7, 11) is 4.71. The molecule has 0 bridgehead atoms. The largest absolute Gasteiger partial charge is 0.497 e. The van der Waals surface area contributed by atoms with Gasteiger partial charge in [0.25, 0.3) is 0 Å². The van der Waals surface area contributed by atoms with Gasteiger partial charge in [-0.05, 0) is 24.3 Å². The van der Waals surface area contributed by atoms with E-state index >= 15 is 0 Å². The second kappa shape index (κ2) is 10.7. The van der Waals surface area contributed by atoms with Crippen LogP contribution in [0.15, 0.2) is 59.7 Å². The number of nitrogens with zero attached hydrogens (tertiary/aromatic N) is 6. The van der Waals surface area contributed by atoms with Gasteiger partial charge in [-0.2, -0.15) is 0 Å². The van der Waals surface area contributed by atoms with Crippen LogP contribution in [0.3, 0.4) is 0 Å². The van der Waals surface area contributed by atoms with Crippen LogP contribution >= 0.6 is 0 Å². The molecule has 0 radical (unpaired) electrons. The molecule has 1 aliphatic rings. The van der Waals surface area contributed by atoms with Crippen LogP contribution in [-0.4, -0.2) is 72.6 Å². The Morgan fingerprint density at radius 2 is 1.66 bits per heavy atom. The molecule has 198 valence electrons. The van der Waals surface area contributed by atoms with Gasteiger partial charge in [-0.15, -0.1) is 5.10 Å². The maximum atomic E-state index is 12.8. The van der Waals surface area contributed by atoms with Gasteiger partial charge in [-0.25, -0.2) is 18.9 Å². The third kappa shape index (κ3) is 5.05. The van der Waals surface area contributed by atoms with Crippen LogP contribution < -0.4 is 35.0 Å². The SMILES string of the molecule is COc1cccc(N2CCN(c3cc4nn(CC(=O)Nc5ccc(OC)cc5OC)c(=O)n4cn3)CC2)c1. The van der Waals surface area contributed by atoms with Crippen molar-refractivity contribution in [2.45, 2.75) is 6.54 Å². The highest BCUT2D eigenvalue weighted by Crippen LogP contribution is 2.29. The molecule has 2 aromatic carbocycles. The van der Waals surface area contributed by atoms with Gasteiger partial charge in [0.15, 0.2) is 5.65 Å². The number of carbonyl (C=O) groups excluding carboxylic acids is 1. The van der Waals surface area contributed by atoms with Gasteiger partial charge in [-0.3, -0.25) is 4.79 Å². The number of anilines is 3. The summed E-state index contributed by atoms with van der Waals surface area (Å²) in [6.45, 7) is 2.89. The number of nitrogens with one attached hydrogen (secondary N) is 1. The first-order chi connectivity index (χ1) is 18.5. The minimum absolute atomic E-state index is 0.260. The van der Waals surface area contributed by atoms with Gasteiger partial charge in [0.2, 0.25) is 5.91 Å². The zero-order valence-corrected chi connectivity index (χ0v) is 21.5. The average Bonchev–Trinajstić information content (AvgIpc) is 3.27. The molecule has 12 heteroatoms. The molecule has 0 atom stereocenters. The Morgan fingerprint density at radius 3 is 2.39 bits per heavy atom. The fourth-order valence-electron chi connectivity index (χ4n) is 4.42. The van der Waals surface area contributed by atoms with Crippen LogP contribution in [0.1, 0.15) is 0 Å². The second-order valence-electron chi connectivity index (χ2n) is 8.71. The molecule has 1 saturated heterocycles. The van der Waals surface area contributed by atoms with Crippen LogP contribution in [0, 0.1) is 0 Å². The summed E-state index contributed by atoms with van der Waals surface area (Å²) in [5.74, 6) is 2.19. The van der Waals surface area contributed by atoms with E-state index in [0.717, 1.165) is 48.1 Å². The van der Waals surface area contributed by atoms with Gasteiger partial charge in [-0.1, -0.05) is 6.07 Å². The summed E-state index contributed by atoms with van der Waals surface area (Å²) in [4.78, 5) is 34.5. The first kappa shape index (κ1) is 24.9. The second-order valence-corrected chi connectivity index (χ2v) is 8.71. The standard InChI is InChI=1S/C26H29N7O5/c1-36-19-6-4-5-18(13-19)30-9-11-31(12-10-30)23-15-24-29-33(26(35)32(24)17-27-23)16-25(34)28-21-8-7-20(37-2)14-22(21)38-3/h4-8,13-15,17H,9-12,16H2,1-3H3,(H,28,34). The molecule has 3 heterocycles. The zero-order valence-electron chi connectivity index (χ0n) is 21.5. The van der Waals surface area contributed by atoms with Crippen LogP contribution in [-0.2, 0) is 11.3 Å². The zero-order chi connectivity index (χ0) is 26.6. The predicted molar refractivity (Wildman–Crippen MR) is 143 cm³/mol. The maximum Gasteiger partial charge on any atom is 0.352 e. The normalized spacial score (nSPS) is 13.4. The van der Waals surface area contributed by atoms with Gasteiger partial charge in [0.05, 0.1) is 27.0 Å². The molecular formula is C26H29N7O5. The highest BCUT2D eigenvalue weighted by molar-refractivity contribution is 5.92. The Balaban J connectivity index is 1.26. The average molecular weight is 520 g/mol. The number of fused-ring (bicyclic) bond motifs is 1. The molecular weight excluding hydrogens is 490 g/mol. The van der Waals surface area contributed by atoms with Crippen molar-refractivity contribution in [1.29, 1.82) is 0 Å². The summed E-state index contributed by atoms with van der Waals surface area (Å²) in [6.07, 6.45) is 1.45. The van der Waals surface area contributed by atoms with Crippen LogP contribution in [0.25, 0.3) is 5.65 Å². The van der Waals surface area contributed by atoms with E-state index in [-0.39, 0.29) is 6.54 Å². The molecule has 2 aromatic heterocycles. The number of rotatable bonds is 8. The van der Waals surface area contributed by atoms with Crippen LogP contribution in [0.4, 0.5) is 17.2 Å². The van der Waals surface area contributed by atoms with Crippen molar-refractivity contribution in [1.82, 2.24) is 19.2 Å². The molecule has 38 heavy (non-hydrogen) atoms. The Morgan fingerprint density at radius 1 is 0.921 bits per heavy atom. The minimum Gasteiger partial charge on any atom is -0.497 e. The van der Waals surface area contributed by atoms with Gasteiger partial charge in [0, 0.05) is 50.1 Å². The van der Waals surface area contributed by atoms with Crippen molar-refractivity contribution >= 4 is 28.7 Å². The number of methoxy groups -OCH3 is 3. The van der Waals surface area contributed by atoms with E-state index in [9.17, 15) is 9.59 Å². The summed E-state index contributed by atoms with van der Waals surface area (Å²) in [5.41, 5.74) is 1.55. The molecule has 0 aliphatic carbocycles. The van der Waals surface area contributed by atoms with E-state index in [4.69, 9.17) is 14.2 Å². The van der Waals surface area contributed by atoms with E-state index in [2.05, 4.69) is 31.3 Å². The van der Waals surface area contributed by atoms with Gasteiger partial charge < -0.3 is 29.3 Å². The topological polar surface area (TPSA) is 115 Å². The monoisotopic (exact) mass is 519 g/mol. The molecule has 5 rings (SSSR count). The maximum absolute atomic E-state index is 12.8. The number of hydrogen-bond acceptors (Lipinski definition) is 9. The molecule has 1 amide bonds. The smallest absolute Gasteiger partial charge is 0.352 e. The number of carbonyl (C=O) groups is 1. The van der Waals surface area contributed by atoms with Crippen molar-refractivity contribution < 1.29 is 19.0 Å². The summed E-state index contributed by atoms with van der Waals surface area (Å²) in [6, 6.07) is 14.8. The van der Waals surface area contributed by atoms with Crippen LogP contribution in [0.5, 0.6) is 17.2 Å². The first-order valence-corrected chi connectivity index (χ1v) is 12.1. The number of amides is 1. The fourth-order valence-corrected chi connectivity index (χ4v) is 4.42. The molecule has 12 nitrogen and oxygen atoms in total. The lowest BCUT2D eigenvalue weighted by atomic mass is 10.2. The Kier molecular flexibility index (Phi) is 7.03. The van der Waals surface area contributed by atoms with E-state index < -0.39 is 11.6 Å². The third-order valence-electron chi connectivity index (χ3n) is 6.46. The third-order valence-corrected chi connectivity index (χ3v) is 6.46. The molecule has 4 aromatic rings. The predicted octanol–water partition coefficient (Wildman–Crippen LogP) is 1.88. The van der Waals surface area contributed by atoms with Crippen molar-refractivity contribution in [3.63, 3.8) is 0 Å². The molecule has 0 spiro atoms. The lowest BCUT2D eigenvalue weighted by Gasteiger charge is -2.36. The van der Waals surface area contributed by atoms with E-state index in [1.54, 1.807) is 38.5 Å². The van der Waals surface area contributed by atoms with E-state index in [1.165, 1.54) is 17.8 Å². The Hall–Kier alpha value is -4.74. The van der Waals surface area contributed by atoms with Crippen LogP contribution in [0.2, 0.25) is 0 Å². The van der Waals surface area contributed by atoms with Crippen molar-refractivity contribution in [3.05, 3.63) is 65.3 Å². The van der Waals surface area contributed by atoms with Crippen molar-refractivity contribution in [3.8, 4) is 17.2 Å². The number of piperazine rings is 1. The fraction of sp³-hybridized carbons (Fsp3) is 0.308. The lowest BCUT2D eigenvalue weighted by Crippen LogP contribution is -2.46. The number of aromatic nitrogens is 4. The number of benzene rings is 2. The molecule has 1 fully saturated rings. The summed E-state index contributed by atoms with van der Waals surface area (Å²) in [5, 5.41) is 7.12. The quantitative estimate of drug-likeness (QED) is 0.373. The van der Waals surface area contributed by atoms with Gasteiger partial charge in [0.1, 0.15) is 35.9 Å². The number of ether oxygens (including phenoxy) is 3. The van der Waals surface area contributed by atoms with E-state index in [0.29, 0.717) is 22.8 Å². The molecule has 1 aliphatic heterocycles. The first-order valence-electron chi connectivity index (χ1n) is 12.1. The van der Waals surface area contributed by atoms with Crippen molar-refractivity contribution in [2.24, 2.45) is 0 Å². The number of hydrogen-bond donors (Lipinski definition) is 1. The minimum atomic E-state index is -0.446. The summed E-state index contributed by atoms with van der Waals surface area (Å²) < 4.78 is 18.3. The molecule has 0 saturated carbocycles. The Labute approximate surface area is 219 Å². The van der Waals surface area contributed by atoms with Crippen molar-refractivity contribution in [2.75, 3.05) is 62.6 Å². The highest BCUT2D eigenvalue weighted by atomic mass is 16.5. The molecule has 0 unspecified atom stereocenters. The lowest BCUT2D eigenvalue weighted by molar-refractivity contribution is -0.117.